The number of amides is 1. The zero-order valence-corrected chi connectivity index (χ0v) is 8.03. The van der Waals surface area contributed by atoms with Gasteiger partial charge in [0.1, 0.15) is 11.9 Å². The Morgan fingerprint density at radius 2 is 2.38 bits per heavy atom. The van der Waals surface area contributed by atoms with Gasteiger partial charge in [0.25, 0.3) is 0 Å². The van der Waals surface area contributed by atoms with E-state index in [0.717, 1.165) is 0 Å². The van der Waals surface area contributed by atoms with Gasteiger partial charge >= 0.3 is 0 Å². The predicted octanol–water partition coefficient (Wildman–Crippen LogP) is -0.0335. The first kappa shape index (κ1) is 9.57. The molecule has 0 radical (unpaired) electrons. The molecule has 0 aliphatic carbocycles. The van der Waals surface area contributed by atoms with E-state index >= 15 is 0 Å². The summed E-state index contributed by atoms with van der Waals surface area (Å²) in [5.74, 6) is 0.657. The molecule has 2 N–H and O–H groups in total. The molecular formula is C8H14N4O. The van der Waals surface area contributed by atoms with Crippen molar-refractivity contribution in [3.63, 3.8) is 0 Å². The number of carbonyl (C=O) groups is 1. The van der Waals surface area contributed by atoms with E-state index in [2.05, 4.69) is 15.7 Å². The summed E-state index contributed by atoms with van der Waals surface area (Å²) in [4.78, 5) is 11.1. The Morgan fingerprint density at radius 3 is 2.85 bits per heavy atom. The minimum atomic E-state index is -0.264. The Hall–Kier alpha value is -1.52. The lowest BCUT2D eigenvalue weighted by Gasteiger charge is -2.10. The average molecular weight is 182 g/mol. The normalized spacial score (nSPS) is 12.2. The number of carbonyl (C=O) groups excluding carboxylic acids is 1. The van der Waals surface area contributed by atoms with Gasteiger partial charge < -0.3 is 10.6 Å². The smallest absolute Gasteiger partial charge is 0.241 e. The number of nitrogens with one attached hydrogen (secondary N) is 2. The highest BCUT2D eigenvalue weighted by atomic mass is 16.2. The Bertz CT molecular complexity index is 294. The molecule has 5 nitrogen and oxygen atoms in total. The Morgan fingerprint density at radius 1 is 1.69 bits per heavy atom. The molecule has 1 aromatic heterocycles. The van der Waals surface area contributed by atoms with Crippen LogP contribution in [0.25, 0.3) is 0 Å². The predicted molar refractivity (Wildman–Crippen MR) is 50.4 cm³/mol. The van der Waals surface area contributed by atoms with Crippen molar-refractivity contribution in [2.45, 2.75) is 13.0 Å². The molecule has 0 fully saturated rings. The van der Waals surface area contributed by atoms with E-state index in [1.807, 2.05) is 19.3 Å². The van der Waals surface area contributed by atoms with Crippen molar-refractivity contribution >= 4 is 11.7 Å². The largest absolute Gasteiger partial charge is 0.357 e. The van der Waals surface area contributed by atoms with Crippen LogP contribution in [0.5, 0.6) is 0 Å². The number of anilines is 1. The Balaban J connectivity index is 2.54. The molecule has 1 aromatic rings. The topological polar surface area (TPSA) is 59.0 Å². The molecule has 72 valence electrons. The molecule has 0 aliphatic heterocycles. The summed E-state index contributed by atoms with van der Waals surface area (Å²) >= 11 is 0. The fourth-order valence-corrected chi connectivity index (χ4v) is 0.996. The summed E-state index contributed by atoms with van der Waals surface area (Å²) in [7, 11) is 3.44. The summed E-state index contributed by atoms with van der Waals surface area (Å²) in [6, 6.07) is 1.55. The average Bonchev–Trinajstić information content (AvgIpc) is 2.49. The van der Waals surface area contributed by atoms with Crippen molar-refractivity contribution < 1.29 is 4.79 Å². The molecule has 1 rings (SSSR count). The molecule has 0 aromatic carbocycles. The fraction of sp³-hybridized carbons (Fsp3) is 0.500. The van der Waals surface area contributed by atoms with Crippen molar-refractivity contribution in [1.82, 2.24) is 15.1 Å². The van der Waals surface area contributed by atoms with E-state index in [-0.39, 0.29) is 11.9 Å². The summed E-state index contributed by atoms with van der Waals surface area (Å²) in [5, 5.41) is 9.62. The highest BCUT2D eigenvalue weighted by Gasteiger charge is 2.10. The summed E-state index contributed by atoms with van der Waals surface area (Å²) in [5.41, 5.74) is 0. The van der Waals surface area contributed by atoms with Gasteiger partial charge in [-0.3, -0.25) is 9.48 Å². The maximum Gasteiger partial charge on any atom is 0.241 e. The van der Waals surface area contributed by atoms with Crippen molar-refractivity contribution in [3.05, 3.63) is 12.3 Å². The van der Waals surface area contributed by atoms with Gasteiger partial charge in [0, 0.05) is 26.4 Å². The van der Waals surface area contributed by atoms with Crippen LogP contribution in [-0.4, -0.2) is 28.8 Å². The molecule has 1 heterocycles. The van der Waals surface area contributed by atoms with Crippen LogP contribution in [-0.2, 0) is 11.8 Å². The molecule has 1 amide bonds. The Labute approximate surface area is 77.1 Å². The van der Waals surface area contributed by atoms with Crippen molar-refractivity contribution in [1.29, 1.82) is 0 Å². The van der Waals surface area contributed by atoms with Crippen LogP contribution in [0.4, 0.5) is 5.82 Å². The van der Waals surface area contributed by atoms with Gasteiger partial charge in [0.15, 0.2) is 0 Å². The van der Waals surface area contributed by atoms with Gasteiger partial charge in [-0.1, -0.05) is 0 Å². The van der Waals surface area contributed by atoms with Crippen LogP contribution in [0.1, 0.15) is 6.92 Å². The third-order valence-electron chi connectivity index (χ3n) is 1.72. The summed E-state index contributed by atoms with van der Waals surface area (Å²) in [6.07, 6.45) is 1.82. The van der Waals surface area contributed by atoms with E-state index in [1.54, 1.807) is 18.7 Å². The van der Waals surface area contributed by atoms with Crippen LogP contribution in [0, 0.1) is 0 Å². The highest BCUT2D eigenvalue weighted by molar-refractivity contribution is 5.83. The molecule has 1 atom stereocenters. The fourth-order valence-electron chi connectivity index (χ4n) is 0.996. The molecule has 0 saturated heterocycles. The number of nitrogens with zero attached hydrogens (tertiary/aromatic N) is 2. The number of aryl methyl sites for hydroxylation is 1. The maximum atomic E-state index is 11.1. The van der Waals surface area contributed by atoms with Crippen LogP contribution in [0.2, 0.25) is 0 Å². The lowest BCUT2D eigenvalue weighted by atomic mass is 10.3. The lowest BCUT2D eigenvalue weighted by Crippen LogP contribution is -2.35. The SMILES string of the molecule is CNC(=O)C(C)Nc1ccn(C)n1. The monoisotopic (exact) mass is 182 g/mol. The third kappa shape index (κ3) is 2.47. The molecule has 0 bridgehead atoms. The van der Waals surface area contributed by atoms with Crippen LogP contribution >= 0.6 is 0 Å². The first-order valence-electron chi connectivity index (χ1n) is 4.11. The van der Waals surface area contributed by atoms with Crippen LogP contribution < -0.4 is 10.6 Å². The third-order valence-corrected chi connectivity index (χ3v) is 1.72. The number of hydrogen-bond acceptors (Lipinski definition) is 3. The molecule has 0 spiro atoms. The number of hydrogen-bond donors (Lipinski definition) is 2. The number of likely N-dealkylation sites (N-methyl/N-ethyl adjacent to an activating group) is 1. The van der Waals surface area contributed by atoms with Crippen LogP contribution in [0.3, 0.4) is 0 Å². The molecule has 5 heteroatoms. The van der Waals surface area contributed by atoms with Gasteiger partial charge in [0.05, 0.1) is 0 Å². The molecule has 0 saturated carbocycles. The molecule has 0 aliphatic rings. The van der Waals surface area contributed by atoms with E-state index < -0.39 is 0 Å². The Kier molecular flexibility index (Phi) is 2.89. The quantitative estimate of drug-likeness (QED) is 0.690. The zero-order valence-electron chi connectivity index (χ0n) is 8.03. The summed E-state index contributed by atoms with van der Waals surface area (Å²) in [6.45, 7) is 1.79. The highest BCUT2D eigenvalue weighted by Crippen LogP contribution is 2.02. The van der Waals surface area contributed by atoms with Gasteiger partial charge in [-0.15, -0.1) is 0 Å². The van der Waals surface area contributed by atoms with Crippen molar-refractivity contribution in [3.8, 4) is 0 Å². The standard InChI is InChI=1S/C8H14N4O/c1-6(8(13)9-2)10-7-4-5-12(3)11-7/h4-6H,1-3H3,(H,9,13)(H,10,11). The van der Waals surface area contributed by atoms with Gasteiger partial charge in [0.2, 0.25) is 5.91 Å². The minimum absolute atomic E-state index is 0.0503. The van der Waals surface area contributed by atoms with E-state index in [1.165, 1.54) is 0 Å². The van der Waals surface area contributed by atoms with E-state index in [9.17, 15) is 4.79 Å². The molecular weight excluding hydrogens is 168 g/mol. The maximum absolute atomic E-state index is 11.1. The summed E-state index contributed by atoms with van der Waals surface area (Å²) < 4.78 is 1.68. The van der Waals surface area contributed by atoms with Crippen molar-refractivity contribution in [2.24, 2.45) is 7.05 Å². The minimum Gasteiger partial charge on any atom is -0.357 e. The molecule has 13 heavy (non-hydrogen) atoms. The van der Waals surface area contributed by atoms with E-state index in [0.29, 0.717) is 5.82 Å². The second kappa shape index (κ2) is 3.93. The lowest BCUT2D eigenvalue weighted by molar-refractivity contribution is -0.121. The number of aromatic nitrogens is 2. The first-order valence-corrected chi connectivity index (χ1v) is 4.11. The van der Waals surface area contributed by atoms with Gasteiger partial charge in [-0.05, 0) is 6.92 Å². The van der Waals surface area contributed by atoms with Crippen molar-refractivity contribution in [2.75, 3.05) is 12.4 Å². The second-order valence-electron chi connectivity index (χ2n) is 2.85. The first-order chi connectivity index (χ1) is 6.13. The number of rotatable bonds is 3. The van der Waals surface area contributed by atoms with Gasteiger partial charge in [-0.2, -0.15) is 5.10 Å². The van der Waals surface area contributed by atoms with E-state index in [4.69, 9.17) is 0 Å². The second-order valence-corrected chi connectivity index (χ2v) is 2.85. The van der Waals surface area contributed by atoms with Crippen LogP contribution in [0.15, 0.2) is 12.3 Å². The van der Waals surface area contributed by atoms with Gasteiger partial charge in [-0.25, -0.2) is 0 Å². The molecule has 1 unspecified atom stereocenters. The zero-order chi connectivity index (χ0) is 9.84.